The molecule has 0 radical (unpaired) electrons. The van der Waals surface area contributed by atoms with Gasteiger partial charge in [-0.1, -0.05) is 11.6 Å². The molecule has 0 spiro atoms. The van der Waals surface area contributed by atoms with Crippen molar-refractivity contribution >= 4 is 23.4 Å². The van der Waals surface area contributed by atoms with E-state index in [-0.39, 0.29) is 16.5 Å². The second-order valence-electron chi connectivity index (χ2n) is 6.40. The van der Waals surface area contributed by atoms with Crippen molar-refractivity contribution in [1.82, 2.24) is 14.7 Å². The highest BCUT2D eigenvalue weighted by atomic mass is 35.5. The van der Waals surface area contributed by atoms with Gasteiger partial charge in [0.2, 0.25) is 5.91 Å². The standard InChI is InChI=1S/C17H20ClF2N3O2/c18-13-10-15(20)14(19)9-12(13)17(25)23-7-5-21(6-8-23)11-16(24)22-3-1-2-4-22/h9-10H,1-8,11H2. The molecule has 136 valence electrons. The fraction of sp³-hybridized carbons (Fsp3) is 0.529. The van der Waals surface area contributed by atoms with Crippen LogP contribution in [0.3, 0.4) is 0 Å². The van der Waals surface area contributed by atoms with Gasteiger partial charge in [0.05, 0.1) is 17.1 Å². The van der Waals surface area contributed by atoms with Crippen molar-refractivity contribution in [3.05, 3.63) is 34.4 Å². The van der Waals surface area contributed by atoms with E-state index in [4.69, 9.17) is 11.6 Å². The molecule has 5 nitrogen and oxygen atoms in total. The monoisotopic (exact) mass is 371 g/mol. The molecule has 2 aliphatic heterocycles. The first-order valence-corrected chi connectivity index (χ1v) is 8.77. The number of halogens is 3. The summed E-state index contributed by atoms with van der Waals surface area (Å²) in [5, 5.41) is -0.101. The minimum Gasteiger partial charge on any atom is -0.342 e. The molecule has 2 fully saturated rings. The Morgan fingerprint density at radius 3 is 2.16 bits per heavy atom. The quantitative estimate of drug-likeness (QED) is 0.763. The zero-order chi connectivity index (χ0) is 18.0. The Balaban J connectivity index is 1.56. The summed E-state index contributed by atoms with van der Waals surface area (Å²) in [5.41, 5.74) is -0.0397. The van der Waals surface area contributed by atoms with Gasteiger partial charge in [-0.3, -0.25) is 14.5 Å². The van der Waals surface area contributed by atoms with Gasteiger partial charge in [0.15, 0.2) is 11.6 Å². The number of amides is 2. The van der Waals surface area contributed by atoms with E-state index in [9.17, 15) is 18.4 Å². The number of benzene rings is 1. The third-order valence-corrected chi connectivity index (χ3v) is 5.03. The normalized spacial score (nSPS) is 18.7. The summed E-state index contributed by atoms with van der Waals surface area (Å²) in [7, 11) is 0. The maximum atomic E-state index is 13.4. The van der Waals surface area contributed by atoms with Gasteiger partial charge < -0.3 is 9.80 Å². The van der Waals surface area contributed by atoms with E-state index < -0.39 is 17.5 Å². The molecule has 0 atom stereocenters. The number of rotatable bonds is 3. The highest BCUT2D eigenvalue weighted by Crippen LogP contribution is 2.22. The smallest absolute Gasteiger partial charge is 0.255 e. The van der Waals surface area contributed by atoms with Crippen molar-refractivity contribution in [1.29, 1.82) is 0 Å². The van der Waals surface area contributed by atoms with Crippen LogP contribution in [0, 0.1) is 11.6 Å². The summed E-state index contributed by atoms with van der Waals surface area (Å²) >= 11 is 5.87. The maximum absolute atomic E-state index is 13.4. The Morgan fingerprint density at radius 2 is 1.52 bits per heavy atom. The van der Waals surface area contributed by atoms with Crippen LogP contribution in [0.15, 0.2) is 12.1 Å². The number of likely N-dealkylation sites (tertiary alicyclic amines) is 1. The van der Waals surface area contributed by atoms with Crippen LogP contribution < -0.4 is 0 Å². The van der Waals surface area contributed by atoms with Gasteiger partial charge in [-0.25, -0.2) is 8.78 Å². The minimum absolute atomic E-state index is 0.0397. The molecule has 25 heavy (non-hydrogen) atoms. The predicted molar refractivity (Wildman–Crippen MR) is 89.5 cm³/mol. The summed E-state index contributed by atoms with van der Waals surface area (Å²) in [4.78, 5) is 30.1. The van der Waals surface area contributed by atoms with Crippen LogP contribution >= 0.6 is 11.6 Å². The fourth-order valence-electron chi connectivity index (χ4n) is 3.22. The van der Waals surface area contributed by atoms with E-state index >= 15 is 0 Å². The summed E-state index contributed by atoms with van der Waals surface area (Å²) < 4.78 is 26.5. The summed E-state index contributed by atoms with van der Waals surface area (Å²) in [6.07, 6.45) is 2.12. The number of piperazine rings is 1. The number of nitrogens with zero attached hydrogens (tertiary/aromatic N) is 3. The SMILES string of the molecule is O=C(CN1CCN(C(=O)c2cc(F)c(F)cc2Cl)CC1)N1CCCC1. The molecule has 0 N–H and O–H groups in total. The highest BCUT2D eigenvalue weighted by Gasteiger charge is 2.27. The molecule has 3 rings (SSSR count). The number of hydrogen-bond acceptors (Lipinski definition) is 3. The second kappa shape index (κ2) is 7.66. The highest BCUT2D eigenvalue weighted by molar-refractivity contribution is 6.33. The zero-order valence-corrected chi connectivity index (χ0v) is 14.6. The third kappa shape index (κ3) is 4.10. The van der Waals surface area contributed by atoms with E-state index in [0.717, 1.165) is 38.1 Å². The average Bonchev–Trinajstić information content (AvgIpc) is 3.13. The van der Waals surface area contributed by atoms with Crippen molar-refractivity contribution in [2.45, 2.75) is 12.8 Å². The zero-order valence-electron chi connectivity index (χ0n) is 13.8. The summed E-state index contributed by atoms with van der Waals surface area (Å²) in [5.74, 6) is -2.47. The molecule has 0 aliphatic carbocycles. The lowest BCUT2D eigenvalue weighted by molar-refractivity contribution is -0.131. The average molecular weight is 372 g/mol. The van der Waals surface area contributed by atoms with Crippen molar-refractivity contribution in [2.75, 3.05) is 45.8 Å². The van der Waals surface area contributed by atoms with Gasteiger partial charge >= 0.3 is 0 Å². The van der Waals surface area contributed by atoms with E-state index in [2.05, 4.69) is 0 Å². The van der Waals surface area contributed by atoms with Gasteiger partial charge in [-0.05, 0) is 25.0 Å². The topological polar surface area (TPSA) is 43.9 Å². The largest absolute Gasteiger partial charge is 0.342 e. The Hall–Kier alpha value is -1.73. The lowest BCUT2D eigenvalue weighted by Gasteiger charge is -2.35. The van der Waals surface area contributed by atoms with Gasteiger partial charge in [0.25, 0.3) is 5.91 Å². The molecule has 0 saturated carbocycles. The minimum atomic E-state index is -1.09. The van der Waals surface area contributed by atoms with Crippen LogP contribution in [0.5, 0.6) is 0 Å². The van der Waals surface area contributed by atoms with Gasteiger partial charge in [0, 0.05) is 39.3 Å². The molecule has 2 heterocycles. The molecule has 2 aliphatic rings. The summed E-state index contributed by atoms with van der Waals surface area (Å²) in [6.45, 7) is 3.97. The van der Waals surface area contributed by atoms with E-state index in [1.54, 1.807) is 4.90 Å². The Bertz CT molecular complexity index is 672. The second-order valence-corrected chi connectivity index (χ2v) is 6.81. The van der Waals surface area contributed by atoms with Gasteiger partial charge in [0.1, 0.15) is 0 Å². The van der Waals surface area contributed by atoms with Gasteiger partial charge in [-0.15, -0.1) is 0 Å². The van der Waals surface area contributed by atoms with Crippen LogP contribution in [0.1, 0.15) is 23.2 Å². The number of carbonyl (C=O) groups excluding carboxylic acids is 2. The molecule has 1 aromatic carbocycles. The lowest BCUT2D eigenvalue weighted by atomic mass is 10.1. The lowest BCUT2D eigenvalue weighted by Crippen LogP contribution is -2.51. The molecule has 2 amide bonds. The van der Waals surface area contributed by atoms with E-state index in [0.29, 0.717) is 32.7 Å². The third-order valence-electron chi connectivity index (χ3n) is 4.72. The van der Waals surface area contributed by atoms with Crippen LogP contribution in [0.4, 0.5) is 8.78 Å². The van der Waals surface area contributed by atoms with Crippen LogP contribution in [0.2, 0.25) is 5.02 Å². The Labute approximate surface area is 150 Å². The van der Waals surface area contributed by atoms with Gasteiger partial charge in [-0.2, -0.15) is 0 Å². The number of hydrogen-bond donors (Lipinski definition) is 0. The van der Waals surface area contributed by atoms with Crippen LogP contribution in [-0.2, 0) is 4.79 Å². The maximum Gasteiger partial charge on any atom is 0.255 e. The molecular formula is C17H20ClF2N3O2. The van der Waals surface area contributed by atoms with Crippen molar-refractivity contribution in [2.24, 2.45) is 0 Å². The molecule has 2 saturated heterocycles. The predicted octanol–water partition coefficient (Wildman–Crippen LogP) is 2.00. The Kier molecular flexibility index (Phi) is 5.54. The number of carbonyl (C=O) groups is 2. The van der Waals surface area contributed by atoms with E-state index in [1.165, 1.54) is 0 Å². The molecule has 8 heteroatoms. The Morgan fingerprint density at radius 1 is 0.920 bits per heavy atom. The van der Waals surface area contributed by atoms with Crippen LogP contribution in [-0.4, -0.2) is 72.3 Å². The summed E-state index contributed by atoms with van der Waals surface area (Å²) in [6, 6.07) is 1.65. The molecule has 0 bridgehead atoms. The van der Waals surface area contributed by atoms with Crippen molar-refractivity contribution in [3.63, 3.8) is 0 Å². The molecule has 0 unspecified atom stereocenters. The fourth-order valence-corrected chi connectivity index (χ4v) is 3.45. The first kappa shape index (κ1) is 18.1. The molecule has 1 aromatic rings. The van der Waals surface area contributed by atoms with Crippen LogP contribution in [0.25, 0.3) is 0 Å². The van der Waals surface area contributed by atoms with E-state index in [1.807, 2.05) is 9.80 Å². The first-order chi connectivity index (χ1) is 12.0. The molecule has 0 aromatic heterocycles. The molecular weight excluding hydrogens is 352 g/mol. The van der Waals surface area contributed by atoms with Crippen molar-refractivity contribution < 1.29 is 18.4 Å². The van der Waals surface area contributed by atoms with Crippen molar-refractivity contribution in [3.8, 4) is 0 Å². The first-order valence-electron chi connectivity index (χ1n) is 8.39.